The minimum atomic E-state index is 0.122. The van der Waals surface area contributed by atoms with E-state index in [4.69, 9.17) is 10.5 Å². The summed E-state index contributed by atoms with van der Waals surface area (Å²) in [5.74, 6) is 0.811. The number of nitrogens with two attached hydrogens (primary N) is 1. The highest BCUT2D eigenvalue weighted by Crippen LogP contribution is 2.31. The molecule has 1 heterocycles. The molecule has 0 spiro atoms. The first-order valence-corrected chi connectivity index (χ1v) is 6.49. The van der Waals surface area contributed by atoms with Crippen LogP contribution in [-0.4, -0.2) is 25.2 Å². The molecule has 0 saturated heterocycles. The van der Waals surface area contributed by atoms with Gasteiger partial charge in [-0.15, -0.1) is 0 Å². The van der Waals surface area contributed by atoms with Gasteiger partial charge in [-0.2, -0.15) is 0 Å². The van der Waals surface area contributed by atoms with Crippen molar-refractivity contribution >= 4 is 16.6 Å². The van der Waals surface area contributed by atoms with Crippen LogP contribution in [0.5, 0.6) is 5.75 Å². The van der Waals surface area contributed by atoms with E-state index in [1.54, 1.807) is 0 Å². The smallest absolute Gasteiger partial charge is 0.145 e. The number of rotatable bonds is 4. The molecule has 19 heavy (non-hydrogen) atoms. The average molecular weight is 259 g/mol. The van der Waals surface area contributed by atoms with Crippen molar-refractivity contribution in [1.29, 1.82) is 0 Å². The van der Waals surface area contributed by atoms with Crippen molar-refractivity contribution in [3.05, 3.63) is 30.0 Å². The number of anilines is 1. The quantitative estimate of drug-likeness (QED) is 0.916. The fourth-order valence-corrected chi connectivity index (χ4v) is 2.08. The van der Waals surface area contributed by atoms with Crippen LogP contribution in [0.15, 0.2) is 24.3 Å². The Morgan fingerprint density at radius 1 is 1.32 bits per heavy atom. The lowest BCUT2D eigenvalue weighted by molar-refractivity contribution is 0.245. The molecule has 1 aromatic carbocycles. The first-order valence-electron chi connectivity index (χ1n) is 6.49. The minimum Gasteiger partial charge on any atom is -0.489 e. The van der Waals surface area contributed by atoms with Crippen LogP contribution in [0.2, 0.25) is 0 Å². The summed E-state index contributed by atoms with van der Waals surface area (Å²) in [7, 11) is 4.04. The van der Waals surface area contributed by atoms with Crippen molar-refractivity contribution in [3.8, 4) is 5.75 Å². The largest absolute Gasteiger partial charge is 0.489 e. The fraction of sp³-hybridized carbons (Fsp3) is 0.400. The van der Waals surface area contributed by atoms with Gasteiger partial charge in [0.2, 0.25) is 0 Å². The number of benzene rings is 1. The van der Waals surface area contributed by atoms with Gasteiger partial charge in [0.05, 0.1) is 11.8 Å². The van der Waals surface area contributed by atoms with E-state index >= 15 is 0 Å². The third-order valence-electron chi connectivity index (χ3n) is 2.89. The molecule has 0 amide bonds. The zero-order chi connectivity index (χ0) is 14.0. The highest BCUT2D eigenvalue weighted by atomic mass is 16.5. The lowest BCUT2D eigenvalue weighted by Crippen LogP contribution is -2.12. The van der Waals surface area contributed by atoms with E-state index in [1.165, 1.54) is 0 Å². The highest BCUT2D eigenvalue weighted by molar-refractivity contribution is 5.95. The van der Waals surface area contributed by atoms with Crippen molar-refractivity contribution in [3.63, 3.8) is 0 Å². The van der Waals surface area contributed by atoms with Crippen molar-refractivity contribution < 1.29 is 4.74 Å². The third kappa shape index (κ3) is 2.79. The minimum absolute atomic E-state index is 0.122. The van der Waals surface area contributed by atoms with Gasteiger partial charge in [0, 0.05) is 31.7 Å². The van der Waals surface area contributed by atoms with E-state index in [0.29, 0.717) is 6.54 Å². The summed E-state index contributed by atoms with van der Waals surface area (Å²) in [6, 6.07) is 8.04. The molecule has 102 valence electrons. The van der Waals surface area contributed by atoms with Crippen LogP contribution in [0.1, 0.15) is 19.5 Å². The Bertz CT molecular complexity index is 579. The molecule has 0 unspecified atom stereocenters. The summed E-state index contributed by atoms with van der Waals surface area (Å²) in [6.45, 7) is 4.45. The van der Waals surface area contributed by atoms with E-state index in [-0.39, 0.29) is 6.10 Å². The molecule has 4 heteroatoms. The van der Waals surface area contributed by atoms with Gasteiger partial charge in [-0.05, 0) is 26.0 Å². The second-order valence-electron chi connectivity index (χ2n) is 5.05. The number of hydrogen-bond donors (Lipinski definition) is 1. The molecule has 2 rings (SSSR count). The molecule has 0 aliphatic heterocycles. The zero-order valence-corrected chi connectivity index (χ0v) is 12.0. The van der Waals surface area contributed by atoms with Crippen LogP contribution in [0.4, 0.5) is 5.69 Å². The van der Waals surface area contributed by atoms with Crippen LogP contribution in [-0.2, 0) is 6.54 Å². The molecule has 0 aliphatic carbocycles. The number of hydrogen-bond acceptors (Lipinski definition) is 4. The van der Waals surface area contributed by atoms with Gasteiger partial charge in [0.25, 0.3) is 0 Å². The number of aromatic nitrogens is 1. The molecule has 2 aromatic rings. The van der Waals surface area contributed by atoms with Crippen molar-refractivity contribution in [2.45, 2.75) is 26.5 Å². The maximum Gasteiger partial charge on any atom is 0.145 e. The van der Waals surface area contributed by atoms with Crippen LogP contribution >= 0.6 is 0 Å². The molecule has 4 nitrogen and oxygen atoms in total. The fourth-order valence-electron chi connectivity index (χ4n) is 2.08. The molecule has 2 N–H and O–H groups in total. The Hall–Kier alpha value is -1.81. The maximum atomic E-state index is 5.84. The Labute approximate surface area is 114 Å². The maximum absolute atomic E-state index is 5.84. The number of ether oxygens (including phenoxy) is 1. The average Bonchev–Trinajstić information content (AvgIpc) is 2.37. The van der Waals surface area contributed by atoms with Crippen molar-refractivity contribution in [2.24, 2.45) is 5.73 Å². The Kier molecular flexibility index (Phi) is 3.90. The Balaban J connectivity index is 2.70. The predicted molar refractivity (Wildman–Crippen MR) is 79.7 cm³/mol. The monoisotopic (exact) mass is 259 g/mol. The van der Waals surface area contributed by atoms with Gasteiger partial charge in [-0.3, -0.25) is 0 Å². The van der Waals surface area contributed by atoms with Crippen LogP contribution < -0.4 is 15.4 Å². The molecular weight excluding hydrogens is 238 g/mol. The first-order chi connectivity index (χ1) is 9.02. The molecule has 0 atom stereocenters. The number of nitrogens with zero attached hydrogens (tertiary/aromatic N) is 2. The summed E-state index contributed by atoms with van der Waals surface area (Å²) >= 11 is 0. The normalized spacial score (nSPS) is 11.1. The second-order valence-corrected chi connectivity index (χ2v) is 5.05. The molecule has 0 aliphatic rings. The SMILES string of the molecule is CC(C)Oc1cccc2c(N(C)C)cc(CN)nc12. The van der Waals surface area contributed by atoms with Gasteiger partial charge in [-0.25, -0.2) is 4.98 Å². The van der Waals surface area contributed by atoms with Crippen LogP contribution in [0, 0.1) is 0 Å². The summed E-state index contributed by atoms with van der Waals surface area (Å²) in [5, 5.41) is 1.08. The van der Waals surface area contributed by atoms with Gasteiger partial charge in [0.15, 0.2) is 0 Å². The third-order valence-corrected chi connectivity index (χ3v) is 2.89. The zero-order valence-electron chi connectivity index (χ0n) is 12.0. The molecular formula is C15H21N3O. The molecule has 0 radical (unpaired) electrons. The Morgan fingerprint density at radius 2 is 2.05 bits per heavy atom. The lowest BCUT2D eigenvalue weighted by Gasteiger charge is -2.18. The Morgan fingerprint density at radius 3 is 2.63 bits per heavy atom. The molecule has 0 saturated carbocycles. The summed E-state index contributed by atoms with van der Waals surface area (Å²) in [5.41, 5.74) is 8.60. The van der Waals surface area contributed by atoms with Crippen molar-refractivity contribution in [2.75, 3.05) is 19.0 Å². The second kappa shape index (κ2) is 5.45. The molecule has 0 fully saturated rings. The van der Waals surface area contributed by atoms with E-state index in [1.807, 2.05) is 46.1 Å². The molecule has 0 bridgehead atoms. The first kappa shape index (κ1) is 13.6. The highest BCUT2D eigenvalue weighted by Gasteiger charge is 2.11. The van der Waals surface area contributed by atoms with E-state index in [0.717, 1.165) is 28.0 Å². The van der Waals surface area contributed by atoms with Gasteiger partial charge >= 0.3 is 0 Å². The van der Waals surface area contributed by atoms with E-state index in [9.17, 15) is 0 Å². The van der Waals surface area contributed by atoms with Gasteiger partial charge < -0.3 is 15.4 Å². The predicted octanol–water partition coefficient (Wildman–Crippen LogP) is 2.55. The van der Waals surface area contributed by atoms with E-state index in [2.05, 4.69) is 16.0 Å². The summed E-state index contributed by atoms with van der Waals surface area (Å²) in [6.07, 6.45) is 0.122. The van der Waals surface area contributed by atoms with Crippen LogP contribution in [0.3, 0.4) is 0 Å². The number of para-hydroxylation sites is 1. The van der Waals surface area contributed by atoms with Gasteiger partial charge in [-0.1, -0.05) is 12.1 Å². The van der Waals surface area contributed by atoms with Crippen LogP contribution in [0.25, 0.3) is 10.9 Å². The topological polar surface area (TPSA) is 51.4 Å². The lowest BCUT2D eigenvalue weighted by atomic mass is 10.1. The number of pyridine rings is 1. The summed E-state index contributed by atoms with van der Waals surface area (Å²) in [4.78, 5) is 6.68. The number of fused-ring (bicyclic) bond motifs is 1. The van der Waals surface area contributed by atoms with Crippen molar-refractivity contribution in [1.82, 2.24) is 4.98 Å². The molecule has 1 aromatic heterocycles. The van der Waals surface area contributed by atoms with Gasteiger partial charge in [0.1, 0.15) is 11.3 Å². The standard InChI is InChI=1S/C15H21N3O/c1-10(2)19-14-7-5-6-12-13(18(3)4)8-11(9-16)17-15(12)14/h5-8,10H,9,16H2,1-4H3. The summed E-state index contributed by atoms with van der Waals surface area (Å²) < 4.78 is 5.84. The van der Waals surface area contributed by atoms with E-state index < -0.39 is 0 Å².